The lowest BCUT2D eigenvalue weighted by Gasteiger charge is -2.33. The second-order valence-electron chi connectivity index (χ2n) is 3.61. The third-order valence-electron chi connectivity index (χ3n) is 2.52. The SMILES string of the molecule is C/C=C/C(=O)C1(C)C(=O)NC(=O)N(C)C1=O. The van der Waals surface area contributed by atoms with Gasteiger partial charge in [0.1, 0.15) is 0 Å². The van der Waals surface area contributed by atoms with Crippen LogP contribution in [0.1, 0.15) is 13.8 Å². The largest absolute Gasteiger partial charge is 0.330 e. The Kier molecular flexibility index (Phi) is 2.93. The predicted molar refractivity (Wildman–Crippen MR) is 54.2 cm³/mol. The zero-order valence-electron chi connectivity index (χ0n) is 9.23. The topological polar surface area (TPSA) is 83.6 Å². The second-order valence-corrected chi connectivity index (χ2v) is 3.61. The Morgan fingerprint density at radius 3 is 2.44 bits per heavy atom. The van der Waals surface area contributed by atoms with Gasteiger partial charge in [-0.05, 0) is 19.9 Å². The Labute approximate surface area is 92.3 Å². The van der Waals surface area contributed by atoms with Crippen LogP contribution in [0.4, 0.5) is 4.79 Å². The van der Waals surface area contributed by atoms with Crippen LogP contribution in [-0.4, -0.2) is 35.6 Å². The van der Waals surface area contributed by atoms with E-state index in [1.807, 2.05) is 5.32 Å². The standard InChI is InChI=1S/C10H12N2O4/c1-4-5-6(13)10(2)7(14)11-9(16)12(3)8(10)15/h4-5H,1-3H3,(H,11,14,16)/b5-4+. The molecule has 6 heteroatoms. The summed E-state index contributed by atoms with van der Waals surface area (Å²) in [5.41, 5.74) is -1.85. The first-order chi connectivity index (χ1) is 7.35. The average Bonchev–Trinajstić information content (AvgIpc) is 2.24. The molecule has 16 heavy (non-hydrogen) atoms. The number of urea groups is 1. The number of hydrogen-bond acceptors (Lipinski definition) is 4. The lowest BCUT2D eigenvalue weighted by Crippen LogP contribution is -2.64. The van der Waals surface area contributed by atoms with Crippen LogP contribution in [0.25, 0.3) is 0 Å². The molecule has 1 N–H and O–H groups in total. The summed E-state index contributed by atoms with van der Waals surface area (Å²) in [6, 6.07) is -0.819. The highest BCUT2D eigenvalue weighted by atomic mass is 16.2. The first kappa shape index (κ1) is 12.1. The first-order valence-corrected chi connectivity index (χ1v) is 4.66. The van der Waals surface area contributed by atoms with E-state index in [9.17, 15) is 19.2 Å². The molecule has 0 aromatic rings. The number of imide groups is 2. The number of nitrogens with zero attached hydrogens (tertiary/aromatic N) is 1. The fraction of sp³-hybridized carbons (Fsp3) is 0.400. The van der Waals surface area contributed by atoms with E-state index in [-0.39, 0.29) is 0 Å². The summed E-state index contributed by atoms with van der Waals surface area (Å²) < 4.78 is 0. The van der Waals surface area contributed by atoms with Crippen LogP contribution in [0.3, 0.4) is 0 Å². The number of barbiturate groups is 1. The number of carbonyl (C=O) groups is 4. The van der Waals surface area contributed by atoms with Crippen LogP contribution in [0, 0.1) is 5.41 Å². The zero-order chi connectivity index (χ0) is 12.5. The molecule has 0 bridgehead atoms. The summed E-state index contributed by atoms with van der Waals surface area (Å²) in [5, 5.41) is 1.96. The quantitative estimate of drug-likeness (QED) is 0.522. The zero-order valence-corrected chi connectivity index (χ0v) is 9.23. The molecule has 1 rings (SSSR count). The predicted octanol–water partition coefficient (Wildman–Crippen LogP) is -0.154. The molecule has 1 fully saturated rings. The van der Waals surface area contributed by atoms with Crippen LogP contribution < -0.4 is 5.32 Å². The molecule has 0 aromatic heterocycles. The van der Waals surface area contributed by atoms with Crippen molar-refractivity contribution < 1.29 is 19.2 Å². The van der Waals surface area contributed by atoms with Gasteiger partial charge in [0, 0.05) is 7.05 Å². The minimum absolute atomic E-state index is 0.642. The summed E-state index contributed by atoms with van der Waals surface area (Å²) in [7, 11) is 1.21. The van der Waals surface area contributed by atoms with Crippen molar-refractivity contribution in [3.63, 3.8) is 0 Å². The van der Waals surface area contributed by atoms with E-state index in [2.05, 4.69) is 0 Å². The number of allylic oxidation sites excluding steroid dienone is 2. The maximum atomic E-state index is 11.8. The lowest BCUT2D eigenvalue weighted by molar-refractivity contribution is -0.153. The number of hydrogen-bond donors (Lipinski definition) is 1. The van der Waals surface area contributed by atoms with Crippen molar-refractivity contribution >= 4 is 23.6 Å². The monoisotopic (exact) mass is 224 g/mol. The molecule has 1 aliphatic heterocycles. The van der Waals surface area contributed by atoms with Gasteiger partial charge >= 0.3 is 6.03 Å². The minimum Gasteiger partial charge on any atom is -0.293 e. The van der Waals surface area contributed by atoms with Gasteiger partial charge in [-0.25, -0.2) is 4.79 Å². The van der Waals surface area contributed by atoms with E-state index in [0.29, 0.717) is 0 Å². The van der Waals surface area contributed by atoms with E-state index in [4.69, 9.17) is 0 Å². The Hall–Kier alpha value is -1.98. The summed E-state index contributed by atoms with van der Waals surface area (Å²) in [4.78, 5) is 46.9. The number of amides is 4. The van der Waals surface area contributed by atoms with Crippen LogP contribution in [0.2, 0.25) is 0 Å². The van der Waals surface area contributed by atoms with Gasteiger partial charge in [0.25, 0.3) is 11.8 Å². The Morgan fingerprint density at radius 1 is 1.38 bits per heavy atom. The van der Waals surface area contributed by atoms with Gasteiger partial charge in [-0.1, -0.05) is 6.08 Å². The Bertz CT molecular complexity index is 413. The molecule has 4 amide bonds. The number of nitrogens with one attached hydrogen (secondary N) is 1. The first-order valence-electron chi connectivity index (χ1n) is 4.66. The highest BCUT2D eigenvalue weighted by Gasteiger charge is 2.53. The molecule has 0 radical (unpaired) electrons. The molecule has 1 saturated heterocycles. The van der Waals surface area contributed by atoms with Gasteiger partial charge in [0.2, 0.25) is 0 Å². The maximum Gasteiger partial charge on any atom is 0.330 e. The van der Waals surface area contributed by atoms with Crippen LogP contribution in [0.15, 0.2) is 12.2 Å². The molecule has 1 atom stereocenters. The van der Waals surface area contributed by atoms with Crippen molar-refractivity contribution in [1.29, 1.82) is 0 Å². The molecule has 0 saturated carbocycles. The Morgan fingerprint density at radius 2 is 1.94 bits per heavy atom. The number of carbonyl (C=O) groups excluding carboxylic acids is 4. The van der Waals surface area contributed by atoms with Crippen LogP contribution in [0.5, 0.6) is 0 Å². The molecule has 0 spiro atoms. The normalized spacial score (nSPS) is 26.2. The van der Waals surface area contributed by atoms with Gasteiger partial charge in [0.05, 0.1) is 0 Å². The summed E-state index contributed by atoms with van der Waals surface area (Å²) in [5.74, 6) is -2.34. The van der Waals surface area contributed by atoms with E-state index >= 15 is 0 Å². The molecular weight excluding hydrogens is 212 g/mol. The van der Waals surface area contributed by atoms with Crippen molar-refractivity contribution in [2.45, 2.75) is 13.8 Å². The van der Waals surface area contributed by atoms with Gasteiger partial charge in [-0.15, -0.1) is 0 Å². The molecular formula is C10H12N2O4. The van der Waals surface area contributed by atoms with E-state index in [1.165, 1.54) is 20.0 Å². The van der Waals surface area contributed by atoms with Crippen molar-refractivity contribution in [2.24, 2.45) is 5.41 Å². The van der Waals surface area contributed by atoms with Gasteiger partial charge in [-0.3, -0.25) is 24.6 Å². The molecule has 1 aliphatic rings. The van der Waals surface area contributed by atoms with Crippen molar-refractivity contribution in [3.05, 3.63) is 12.2 Å². The van der Waals surface area contributed by atoms with Crippen molar-refractivity contribution in [2.75, 3.05) is 7.05 Å². The molecule has 1 heterocycles. The lowest BCUT2D eigenvalue weighted by atomic mass is 9.81. The highest BCUT2D eigenvalue weighted by molar-refractivity contribution is 6.32. The molecule has 86 valence electrons. The third-order valence-corrected chi connectivity index (χ3v) is 2.52. The summed E-state index contributed by atoms with van der Waals surface area (Å²) in [6.45, 7) is 2.80. The van der Waals surface area contributed by atoms with Gasteiger partial charge in [-0.2, -0.15) is 0 Å². The summed E-state index contributed by atoms with van der Waals surface area (Å²) in [6.07, 6.45) is 2.58. The van der Waals surface area contributed by atoms with Crippen LogP contribution >= 0.6 is 0 Å². The van der Waals surface area contributed by atoms with Crippen molar-refractivity contribution in [3.8, 4) is 0 Å². The number of rotatable bonds is 2. The van der Waals surface area contributed by atoms with Crippen molar-refractivity contribution in [1.82, 2.24) is 10.2 Å². The smallest absolute Gasteiger partial charge is 0.293 e. The fourth-order valence-electron chi connectivity index (χ4n) is 1.37. The average molecular weight is 224 g/mol. The second kappa shape index (κ2) is 3.88. The molecule has 0 aliphatic carbocycles. The third kappa shape index (κ3) is 1.52. The fourth-order valence-corrected chi connectivity index (χ4v) is 1.37. The Balaban J connectivity index is 3.20. The maximum absolute atomic E-state index is 11.8. The molecule has 0 aromatic carbocycles. The number of ketones is 1. The van der Waals surface area contributed by atoms with Gasteiger partial charge in [0.15, 0.2) is 11.2 Å². The van der Waals surface area contributed by atoms with Crippen LogP contribution in [-0.2, 0) is 14.4 Å². The van der Waals surface area contributed by atoms with Gasteiger partial charge < -0.3 is 0 Å². The van der Waals surface area contributed by atoms with E-state index < -0.39 is 29.0 Å². The summed E-state index contributed by atoms with van der Waals surface area (Å²) >= 11 is 0. The highest BCUT2D eigenvalue weighted by Crippen LogP contribution is 2.25. The molecule has 6 nitrogen and oxygen atoms in total. The van der Waals surface area contributed by atoms with E-state index in [0.717, 1.165) is 11.0 Å². The molecule has 1 unspecified atom stereocenters. The minimum atomic E-state index is -1.85. The van der Waals surface area contributed by atoms with E-state index in [1.54, 1.807) is 6.92 Å².